The summed E-state index contributed by atoms with van der Waals surface area (Å²) in [6, 6.07) is 2.88. The van der Waals surface area contributed by atoms with Crippen molar-refractivity contribution in [1.29, 1.82) is 0 Å². The van der Waals surface area contributed by atoms with E-state index >= 15 is 0 Å². The van der Waals surface area contributed by atoms with Crippen LogP contribution in [-0.4, -0.2) is 34.6 Å². The van der Waals surface area contributed by atoms with Crippen molar-refractivity contribution < 1.29 is 0 Å². The fourth-order valence-electron chi connectivity index (χ4n) is 3.63. The smallest absolute Gasteiger partial charge is 0.0313 e. The maximum absolute atomic E-state index is 4.32. The molecule has 1 unspecified atom stereocenters. The molecular weight excluding hydrogens is 234 g/mol. The van der Waals surface area contributed by atoms with Crippen LogP contribution in [0.3, 0.4) is 0 Å². The second-order valence-corrected chi connectivity index (χ2v) is 6.49. The second-order valence-electron chi connectivity index (χ2n) is 6.49. The van der Waals surface area contributed by atoms with Gasteiger partial charge in [0.1, 0.15) is 0 Å². The summed E-state index contributed by atoms with van der Waals surface area (Å²) in [6.45, 7) is 7.81. The Labute approximate surface area is 116 Å². The minimum atomic E-state index is 0.407. The van der Waals surface area contributed by atoms with E-state index in [0.29, 0.717) is 11.6 Å². The van der Waals surface area contributed by atoms with Crippen LogP contribution in [-0.2, 0) is 6.54 Å². The number of hydrogen-bond acceptors (Lipinski definition) is 3. The Kier molecular flexibility index (Phi) is 3.59. The predicted molar refractivity (Wildman–Crippen MR) is 78.0 cm³/mol. The van der Waals surface area contributed by atoms with Crippen LogP contribution in [0, 0.1) is 6.92 Å². The predicted octanol–water partition coefficient (Wildman–Crippen LogP) is 2.50. The van der Waals surface area contributed by atoms with Crippen molar-refractivity contribution in [2.24, 2.45) is 0 Å². The van der Waals surface area contributed by atoms with Gasteiger partial charge in [-0.15, -0.1) is 0 Å². The van der Waals surface area contributed by atoms with E-state index in [1.165, 1.54) is 43.4 Å². The summed E-state index contributed by atoms with van der Waals surface area (Å²) in [7, 11) is 0. The fourth-order valence-corrected chi connectivity index (χ4v) is 3.63. The molecule has 3 heteroatoms. The lowest BCUT2D eigenvalue weighted by atomic mass is 9.92. The van der Waals surface area contributed by atoms with Crippen LogP contribution in [0.25, 0.3) is 0 Å². The van der Waals surface area contributed by atoms with Gasteiger partial charge in [0.25, 0.3) is 0 Å². The van der Waals surface area contributed by atoms with E-state index in [-0.39, 0.29) is 0 Å². The van der Waals surface area contributed by atoms with Crippen LogP contribution in [0.1, 0.15) is 43.7 Å². The highest BCUT2D eigenvalue weighted by Crippen LogP contribution is 2.33. The molecule has 1 aromatic rings. The Bertz CT molecular complexity index is 437. The lowest BCUT2D eigenvalue weighted by Gasteiger charge is -2.45. The molecule has 1 spiro atoms. The molecule has 104 valence electrons. The lowest BCUT2D eigenvalue weighted by molar-refractivity contribution is 0.0826. The van der Waals surface area contributed by atoms with E-state index in [1.807, 2.05) is 12.4 Å². The zero-order valence-corrected chi connectivity index (χ0v) is 12.2. The maximum Gasteiger partial charge on any atom is 0.0313 e. The van der Waals surface area contributed by atoms with E-state index in [9.17, 15) is 0 Å². The Morgan fingerprint density at radius 3 is 2.89 bits per heavy atom. The van der Waals surface area contributed by atoms with Crippen LogP contribution in [0.4, 0.5) is 0 Å². The van der Waals surface area contributed by atoms with E-state index in [0.717, 1.165) is 13.1 Å². The van der Waals surface area contributed by atoms with Crippen molar-refractivity contribution in [3.8, 4) is 0 Å². The number of piperazine rings is 1. The highest BCUT2D eigenvalue weighted by atomic mass is 15.2. The Balaban J connectivity index is 1.71. The zero-order chi connectivity index (χ0) is 13.3. The van der Waals surface area contributed by atoms with Gasteiger partial charge in [-0.3, -0.25) is 9.88 Å². The first-order chi connectivity index (χ1) is 9.17. The third-order valence-corrected chi connectivity index (χ3v) is 4.78. The van der Waals surface area contributed by atoms with Crippen LogP contribution in [0.5, 0.6) is 0 Å². The number of aryl methyl sites for hydroxylation is 1. The third-order valence-electron chi connectivity index (χ3n) is 4.78. The average molecular weight is 259 g/mol. The molecule has 1 saturated heterocycles. The molecule has 19 heavy (non-hydrogen) atoms. The van der Waals surface area contributed by atoms with Gasteiger partial charge < -0.3 is 5.32 Å². The minimum absolute atomic E-state index is 0.407. The molecule has 3 rings (SSSR count). The summed E-state index contributed by atoms with van der Waals surface area (Å²) < 4.78 is 0. The topological polar surface area (TPSA) is 28.2 Å². The number of nitrogens with one attached hydrogen (secondary N) is 1. The summed E-state index contributed by atoms with van der Waals surface area (Å²) in [5.41, 5.74) is 3.02. The Hall–Kier alpha value is -0.930. The molecule has 3 nitrogen and oxygen atoms in total. The summed E-state index contributed by atoms with van der Waals surface area (Å²) in [5.74, 6) is 0. The molecule has 2 aliphatic rings. The van der Waals surface area contributed by atoms with Gasteiger partial charge >= 0.3 is 0 Å². The van der Waals surface area contributed by atoms with Gasteiger partial charge in [0.05, 0.1) is 0 Å². The summed E-state index contributed by atoms with van der Waals surface area (Å²) in [4.78, 5) is 6.96. The molecule has 2 heterocycles. The third kappa shape index (κ3) is 2.82. The average Bonchev–Trinajstić information content (AvgIpc) is 2.83. The normalized spacial score (nSPS) is 26.9. The van der Waals surface area contributed by atoms with Crippen molar-refractivity contribution in [2.75, 3.05) is 13.1 Å². The Morgan fingerprint density at radius 2 is 2.16 bits per heavy atom. The second kappa shape index (κ2) is 5.22. The number of aromatic nitrogens is 1. The highest BCUT2D eigenvalue weighted by Gasteiger charge is 2.39. The molecule has 2 fully saturated rings. The zero-order valence-electron chi connectivity index (χ0n) is 12.2. The van der Waals surface area contributed by atoms with E-state index in [1.54, 1.807) is 0 Å². The quantitative estimate of drug-likeness (QED) is 0.884. The van der Waals surface area contributed by atoms with Crippen LogP contribution in [0.15, 0.2) is 18.5 Å². The van der Waals surface area contributed by atoms with Gasteiger partial charge in [0.15, 0.2) is 0 Å². The monoisotopic (exact) mass is 259 g/mol. The SMILES string of the molecule is Cc1cncc(CN2CC3(CCCC3)NCC2C)c1. The van der Waals surface area contributed by atoms with Crippen molar-refractivity contribution in [1.82, 2.24) is 15.2 Å². The van der Waals surface area contributed by atoms with Crippen molar-refractivity contribution in [3.05, 3.63) is 29.6 Å². The standard InChI is InChI=1S/C16H25N3/c1-13-7-15(10-17-8-13)11-19-12-16(5-3-4-6-16)18-9-14(19)2/h7-8,10,14,18H,3-6,9,11-12H2,1-2H3. The lowest BCUT2D eigenvalue weighted by Crippen LogP contribution is -2.62. The summed E-state index contributed by atoms with van der Waals surface area (Å²) >= 11 is 0. The molecule has 1 saturated carbocycles. The van der Waals surface area contributed by atoms with Gasteiger partial charge in [-0.05, 0) is 37.8 Å². The molecule has 0 radical (unpaired) electrons. The van der Waals surface area contributed by atoms with E-state index in [2.05, 4.69) is 35.1 Å². The van der Waals surface area contributed by atoms with Gasteiger partial charge in [0, 0.05) is 43.6 Å². The largest absolute Gasteiger partial charge is 0.308 e. The first-order valence-electron chi connectivity index (χ1n) is 7.57. The van der Waals surface area contributed by atoms with Crippen molar-refractivity contribution in [2.45, 2.75) is 57.7 Å². The number of rotatable bonds is 2. The highest BCUT2D eigenvalue weighted by molar-refractivity contribution is 5.17. The number of nitrogens with zero attached hydrogens (tertiary/aromatic N) is 2. The molecule has 1 N–H and O–H groups in total. The molecule has 1 aliphatic carbocycles. The van der Waals surface area contributed by atoms with Gasteiger partial charge in [-0.2, -0.15) is 0 Å². The Morgan fingerprint density at radius 1 is 1.37 bits per heavy atom. The molecule has 0 amide bonds. The van der Waals surface area contributed by atoms with Gasteiger partial charge in [0.2, 0.25) is 0 Å². The molecule has 0 aromatic carbocycles. The van der Waals surface area contributed by atoms with Crippen LogP contribution in [0.2, 0.25) is 0 Å². The summed E-state index contributed by atoms with van der Waals surface area (Å²) in [6.07, 6.45) is 9.43. The number of hydrogen-bond donors (Lipinski definition) is 1. The molecule has 1 atom stereocenters. The van der Waals surface area contributed by atoms with E-state index in [4.69, 9.17) is 0 Å². The van der Waals surface area contributed by atoms with E-state index < -0.39 is 0 Å². The summed E-state index contributed by atoms with van der Waals surface area (Å²) in [5, 5.41) is 3.81. The van der Waals surface area contributed by atoms with Crippen molar-refractivity contribution >= 4 is 0 Å². The molecule has 1 aromatic heterocycles. The number of pyridine rings is 1. The van der Waals surface area contributed by atoms with Crippen LogP contribution >= 0.6 is 0 Å². The molecular formula is C16H25N3. The van der Waals surface area contributed by atoms with Gasteiger partial charge in [-0.25, -0.2) is 0 Å². The maximum atomic E-state index is 4.32. The molecule has 1 aliphatic heterocycles. The fraction of sp³-hybridized carbons (Fsp3) is 0.688. The first kappa shape index (κ1) is 13.1. The molecule has 0 bridgehead atoms. The van der Waals surface area contributed by atoms with Crippen LogP contribution < -0.4 is 5.32 Å². The minimum Gasteiger partial charge on any atom is -0.308 e. The van der Waals surface area contributed by atoms with Gasteiger partial charge in [-0.1, -0.05) is 18.9 Å². The van der Waals surface area contributed by atoms with Crippen molar-refractivity contribution in [3.63, 3.8) is 0 Å². The first-order valence-corrected chi connectivity index (χ1v) is 7.57.